The van der Waals surface area contributed by atoms with E-state index >= 15 is 0 Å². The van der Waals surface area contributed by atoms with E-state index in [1.807, 2.05) is 16.8 Å². The zero-order valence-corrected chi connectivity index (χ0v) is 10.9. The van der Waals surface area contributed by atoms with Gasteiger partial charge in [0.1, 0.15) is 5.01 Å². The number of hydrogen-bond acceptors (Lipinski definition) is 4. The third-order valence-electron chi connectivity index (χ3n) is 1.67. The summed E-state index contributed by atoms with van der Waals surface area (Å²) in [7, 11) is 0. The molecule has 5 heteroatoms. The van der Waals surface area contributed by atoms with Crippen LogP contribution in [0.5, 0.6) is 0 Å². The molecule has 14 heavy (non-hydrogen) atoms. The van der Waals surface area contributed by atoms with E-state index < -0.39 is 0 Å². The molecule has 0 bridgehead atoms. The molecule has 0 radical (unpaired) electrons. The van der Waals surface area contributed by atoms with Gasteiger partial charge in [-0.05, 0) is 34.0 Å². The van der Waals surface area contributed by atoms with Crippen molar-refractivity contribution >= 4 is 51.0 Å². The molecule has 0 spiro atoms. The monoisotopic (exact) mass is 335 g/mol. The average molecular weight is 335 g/mol. The van der Waals surface area contributed by atoms with Crippen LogP contribution in [0.15, 0.2) is 23.0 Å². The van der Waals surface area contributed by atoms with Gasteiger partial charge in [0.15, 0.2) is 5.78 Å². The summed E-state index contributed by atoms with van der Waals surface area (Å²) in [5.74, 6) is 0.166. The van der Waals surface area contributed by atoms with E-state index in [4.69, 9.17) is 0 Å². The number of nitrogens with zero attached hydrogens (tertiary/aromatic N) is 1. The van der Waals surface area contributed by atoms with Gasteiger partial charge in [-0.15, -0.1) is 22.7 Å². The van der Waals surface area contributed by atoms with Crippen molar-refractivity contribution in [2.24, 2.45) is 0 Å². The fraction of sp³-hybridized carbons (Fsp3) is 0.111. The van der Waals surface area contributed by atoms with E-state index in [2.05, 4.69) is 27.6 Å². The van der Waals surface area contributed by atoms with Gasteiger partial charge in [-0.3, -0.25) is 4.79 Å². The fourth-order valence-electron chi connectivity index (χ4n) is 1.05. The van der Waals surface area contributed by atoms with E-state index in [1.54, 1.807) is 6.20 Å². The minimum atomic E-state index is 0.166. The molecule has 2 aromatic heterocycles. The van der Waals surface area contributed by atoms with Crippen LogP contribution in [0.4, 0.5) is 0 Å². The van der Waals surface area contributed by atoms with Gasteiger partial charge >= 0.3 is 0 Å². The standard InChI is InChI=1S/C9H6INOS2/c10-6-1-3-14-9(6)7(12)5-8-11-2-4-13-8/h1-4H,5H2. The quantitative estimate of drug-likeness (QED) is 0.637. The highest BCUT2D eigenvalue weighted by Crippen LogP contribution is 2.21. The molecule has 0 amide bonds. The largest absolute Gasteiger partial charge is 0.293 e. The normalized spacial score (nSPS) is 10.4. The Morgan fingerprint density at radius 1 is 1.43 bits per heavy atom. The Bertz CT molecular complexity index is 435. The maximum atomic E-state index is 11.8. The smallest absolute Gasteiger partial charge is 0.180 e. The lowest BCUT2D eigenvalue weighted by Gasteiger charge is -1.94. The highest BCUT2D eigenvalue weighted by molar-refractivity contribution is 14.1. The van der Waals surface area contributed by atoms with Crippen LogP contribution in [-0.2, 0) is 6.42 Å². The molecule has 2 aromatic rings. The third-order valence-corrected chi connectivity index (χ3v) is 4.67. The minimum Gasteiger partial charge on any atom is -0.293 e. The lowest BCUT2D eigenvalue weighted by Crippen LogP contribution is -2.02. The van der Waals surface area contributed by atoms with Crippen molar-refractivity contribution in [2.75, 3.05) is 0 Å². The molecular weight excluding hydrogens is 329 g/mol. The summed E-state index contributed by atoms with van der Waals surface area (Å²) in [6.45, 7) is 0. The zero-order chi connectivity index (χ0) is 9.97. The Balaban J connectivity index is 2.14. The summed E-state index contributed by atoms with van der Waals surface area (Å²) < 4.78 is 1.04. The van der Waals surface area contributed by atoms with Gasteiger partial charge in [-0.25, -0.2) is 4.98 Å². The van der Waals surface area contributed by atoms with Crippen LogP contribution in [-0.4, -0.2) is 10.8 Å². The Labute approximate surface area is 103 Å². The van der Waals surface area contributed by atoms with Crippen LogP contribution >= 0.6 is 45.3 Å². The first-order valence-electron chi connectivity index (χ1n) is 3.92. The maximum Gasteiger partial charge on any atom is 0.180 e. The number of carbonyl (C=O) groups is 1. The second-order valence-corrected chi connectivity index (χ2v) is 5.68. The van der Waals surface area contributed by atoms with E-state index in [9.17, 15) is 4.79 Å². The van der Waals surface area contributed by atoms with E-state index in [1.165, 1.54) is 22.7 Å². The topological polar surface area (TPSA) is 30.0 Å². The van der Waals surface area contributed by atoms with Crippen LogP contribution < -0.4 is 0 Å². The summed E-state index contributed by atoms with van der Waals surface area (Å²) in [5, 5.41) is 4.72. The number of thiazole rings is 1. The molecule has 0 fully saturated rings. The molecular formula is C9H6INOS2. The second kappa shape index (κ2) is 4.50. The summed E-state index contributed by atoms with van der Waals surface area (Å²) in [6.07, 6.45) is 2.15. The average Bonchev–Trinajstić information content (AvgIpc) is 2.75. The molecule has 0 N–H and O–H groups in total. The van der Waals surface area contributed by atoms with Crippen molar-refractivity contribution in [3.8, 4) is 0 Å². The van der Waals surface area contributed by atoms with Gasteiger partial charge in [0.05, 0.1) is 11.3 Å². The van der Waals surface area contributed by atoms with Gasteiger partial charge in [0.25, 0.3) is 0 Å². The molecule has 2 nitrogen and oxygen atoms in total. The van der Waals surface area contributed by atoms with Crippen LogP contribution in [0, 0.1) is 3.57 Å². The lowest BCUT2D eigenvalue weighted by molar-refractivity contribution is 0.0996. The number of hydrogen-bond donors (Lipinski definition) is 0. The van der Waals surface area contributed by atoms with Crippen molar-refractivity contribution < 1.29 is 4.79 Å². The summed E-state index contributed by atoms with van der Waals surface area (Å²) in [5.41, 5.74) is 0. The molecule has 0 aliphatic carbocycles. The number of thiophene rings is 1. The number of halogens is 1. The Hall–Kier alpha value is -0.270. The number of rotatable bonds is 3. The molecule has 72 valence electrons. The Morgan fingerprint density at radius 2 is 2.29 bits per heavy atom. The van der Waals surface area contributed by atoms with Gasteiger partial charge in [0, 0.05) is 15.1 Å². The van der Waals surface area contributed by atoms with E-state index in [-0.39, 0.29) is 5.78 Å². The maximum absolute atomic E-state index is 11.8. The number of carbonyl (C=O) groups excluding carboxylic acids is 1. The molecule has 0 unspecified atom stereocenters. The highest BCUT2D eigenvalue weighted by Gasteiger charge is 2.12. The molecule has 0 atom stereocenters. The van der Waals surface area contributed by atoms with Gasteiger partial charge in [-0.2, -0.15) is 0 Å². The number of aromatic nitrogens is 1. The molecule has 0 aromatic carbocycles. The van der Waals surface area contributed by atoms with Crippen molar-refractivity contribution in [2.45, 2.75) is 6.42 Å². The van der Waals surface area contributed by atoms with E-state index in [0.29, 0.717) is 6.42 Å². The zero-order valence-electron chi connectivity index (χ0n) is 7.07. The van der Waals surface area contributed by atoms with Crippen LogP contribution in [0.2, 0.25) is 0 Å². The Kier molecular flexibility index (Phi) is 3.30. The summed E-state index contributed by atoms with van der Waals surface area (Å²) in [4.78, 5) is 16.7. The Morgan fingerprint density at radius 3 is 2.86 bits per heavy atom. The first-order chi connectivity index (χ1) is 6.77. The molecule has 2 rings (SSSR count). The SMILES string of the molecule is O=C(Cc1nccs1)c1sccc1I. The number of Topliss-reactive ketones (excluding diaryl/α,β-unsaturated/α-hetero) is 1. The van der Waals surface area contributed by atoms with Crippen molar-refractivity contribution in [1.29, 1.82) is 0 Å². The van der Waals surface area contributed by atoms with Crippen molar-refractivity contribution in [1.82, 2.24) is 4.98 Å². The third kappa shape index (κ3) is 2.21. The predicted molar refractivity (Wildman–Crippen MR) is 67.2 cm³/mol. The molecule has 2 heterocycles. The molecule has 0 aliphatic heterocycles. The summed E-state index contributed by atoms with van der Waals surface area (Å²) >= 11 is 5.21. The molecule has 0 aliphatic rings. The highest BCUT2D eigenvalue weighted by atomic mass is 127. The fourth-order valence-corrected chi connectivity index (χ4v) is 3.50. The van der Waals surface area contributed by atoms with Crippen molar-refractivity contribution in [3.63, 3.8) is 0 Å². The number of ketones is 1. The molecule has 0 saturated heterocycles. The van der Waals surface area contributed by atoms with Crippen LogP contribution in [0.3, 0.4) is 0 Å². The van der Waals surface area contributed by atoms with Gasteiger partial charge < -0.3 is 0 Å². The van der Waals surface area contributed by atoms with Crippen molar-refractivity contribution in [3.05, 3.63) is 36.5 Å². The van der Waals surface area contributed by atoms with Gasteiger partial charge in [0.2, 0.25) is 0 Å². The van der Waals surface area contributed by atoms with Crippen LogP contribution in [0.1, 0.15) is 14.7 Å². The lowest BCUT2D eigenvalue weighted by atomic mass is 10.2. The summed E-state index contributed by atoms with van der Waals surface area (Å²) in [6, 6.07) is 1.96. The molecule has 0 saturated carbocycles. The first kappa shape index (κ1) is 10.3. The van der Waals surface area contributed by atoms with Crippen LogP contribution in [0.25, 0.3) is 0 Å². The van der Waals surface area contributed by atoms with Gasteiger partial charge in [-0.1, -0.05) is 0 Å². The first-order valence-corrected chi connectivity index (χ1v) is 6.76. The van der Waals surface area contributed by atoms with E-state index in [0.717, 1.165) is 13.5 Å². The second-order valence-electron chi connectivity index (χ2n) is 2.62. The minimum absolute atomic E-state index is 0.166. The predicted octanol–water partition coefficient (Wildman–Crippen LogP) is 3.23.